The molecule has 8 heteroatoms. The lowest BCUT2D eigenvalue weighted by Crippen LogP contribution is -2.33. The number of nitrogens with two attached hydrogens (primary N) is 1. The van der Waals surface area contributed by atoms with Crippen LogP contribution < -0.4 is 10.5 Å². The quantitative estimate of drug-likeness (QED) is 0.548. The van der Waals surface area contributed by atoms with Gasteiger partial charge in [-0.2, -0.15) is 10.4 Å². The third-order valence-electron chi connectivity index (χ3n) is 4.41. The second kappa shape index (κ2) is 7.26. The topological polar surface area (TPSA) is 76.9 Å². The maximum absolute atomic E-state index is 9.72. The molecule has 0 spiro atoms. The Balaban J connectivity index is 1.99. The molecule has 2 heterocycles. The minimum atomic E-state index is -0.916. The summed E-state index contributed by atoms with van der Waals surface area (Å²) in [7, 11) is 0. The summed E-state index contributed by atoms with van der Waals surface area (Å²) < 4.78 is 8.44. The summed E-state index contributed by atoms with van der Waals surface area (Å²) in [6, 6.07) is 15.0. The van der Waals surface area contributed by atoms with Crippen LogP contribution in [0.2, 0.25) is 10.0 Å². The van der Waals surface area contributed by atoms with Gasteiger partial charge in [0.05, 0.1) is 22.5 Å². The van der Waals surface area contributed by atoms with Crippen LogP contribution in [-0.4, -0.2) is 16.0 Å². The Morgan fingerprint density at radius 2 is 1.82 bits per heavy atom. The molecule has 0 bridgehead atoms. The Morgan fingerprint density at radius 3 is 2.43 bits per heavy atom. The van der Waals surface area contributed by atoms with E-state index < -0.39 is 6.23 Å². The predicted molar refractivity (Wildman–Crippen MR) is 113 cm³/mol. The van der Waals surface area contributed by atoms with Gasteiger partial charge in [-0.3, -0.25) is 5.73 Å². The highest BCUT2D eigenvalue weighted by atomic mass is 79.9. The van der Waals surface area contributed by atoms with Crippen LogP contribution in [0, 0.1) is 18.3 Å². The second-order valence-corrected chi connectivity index (χ2v) is 8.04. The van der Waals surface area contributed by atoms with E-state index in [2.05, 4.69) is 27.1 Å². The van der Waals surface area contributed by atoms with Gasteiger partial charge in [0.25, 0.3) is 0 Å². The number of aryl methyl sites for hydroxylation is 1. The molecule has 1 unspecified atom stereocenters. The summed E-state index contributed by atoms with van der Waals surface area (Å²) in [5.41, 5.74) is 10.1. The van der Waals surface area contributed by atoms with E-state index in [1.807, 2.05) is 31.2 Å². The standard InChI is InChI=1S/C20H13BrCl2N4O/c1-10-17-18(11-2-4-12(21)5-3-11)16(9-24)19(25)28-20(17)27(26-10)15-7-13(22)6-14(23)8-15/h2-8,19H,25H2,1H3. The Kier molecular flexibility index (Phi) is 4.94. The van der Waals surface area contributed by atoms with Gasteiger partial charge in [-0.1, -0.05) is 51.3 Å². The Bertz CT molecular complexity index is 1140. The maximum atomic E-state index is 9.72. The molecule has 1 aromatic heterocycles. The lowest BCUT2D eigenvalue weighted by Gasteiger charge is -2.25. The lowest BCUT2D eigenvalue weighted by atomic mass is 9.91. The lowest BCUT2D eigenvalue weighted by molar-refractivity contribution is 0.228. The number of nitriles is 1. The minimum absolute atomic E-state index is 0.349. The first-order chi connectivity index (χ1) is 13.4. The van der Waals surface area contributed by atoms with Gasteiger partial charge < -0.3 is 4.74 Å². The second-order valence-electron chi connectivity index (χ2n) is 6.25. The number of nitrogens with zero attached hydrogens (tertiary/aromatic N) is 3. The number of hydrogen-bond acceptors (Lipinski definition) is 4. The van der Waals surface area contributed by atoms with Gasteiger partial charge in [0, 0.05) is 20.1 Å². The number of benzene rings is 2. The van der Waals surface area contributed by atoms with E-state index >= 15 is 0 Å². The highest BCUT2D eigenvalue weighted by Gasteiger charge is 2.33. The van der Waals surface area contributed by atoms with Crippen molar-refractivity contribution in [2.75, 3.05) is 0 Å². The van der Waals surface area contributed by atoms with Gasteiger partial charge >= 0.3 is 0 Å². The molecule has 140 valence electrons. The number of halogens is 3. The Hall–Kier alpha value is -2.30. The number of fused-ring (bicyclic) bond motifs is 1. The first kappa shape index (κ1) is 19.0. The normalized spacial score (nSPS) is 15.8. The molecule has 0 saturated carbocycles. The van der Waals surface area contributed by atoms with E-state index in [-0.39, 0.29) is 0 Å². The number of rotatable bonds is 2. The molecule has 0 amide bonds. The van der Waals surface area contributed by atoms with E-state index in [1.165, 1.54) is 0 Å². The van der Waals surface area contributed by atoms with Crippen molar-refractivity contribution < 1.29 is 4.74 Å². The van der Waals surface area contributed by atoms with Crippen molar-refractivity contribution in [3.8, 4) is 17.6 Å². The smallest absolute Gasteiger partial charge is 0.226 e. The zero-order valence-corrected chi connectivity index (χ0v) is 17.7. The summed E-state index contributed by atoms with van der Waals surface area (Å²) in [6.45, 7) is 1.86. The van der Waals surface area contributed by atoms with Crippen LogP contribution in [0.3, 0.4) is 0 Å². The van der Waals surface area contributed by atoms with Crippen LogP contribution in [0.15, 0.2) is 52.5 Å². The fourth-order valence-electron chi connectivity index (χ4n) is 3.23. The van der Waals surface area contributed by atoms with Crippen molar-refractivity contribution in [1.29, 1.82) is 5.26 Å². The molecular formula is C20H13BrCl2N4O. The van der Waals surface area contributed by atoms with E-state index in [9.17, 15) is 5.26 Å². The number of ether oxygens (including phenoxy) is 1. The van der Waals surface area contributed by atoms with Gasteiger partial charge in [-0.05, 0) is 42.8 Å². The molecule has 1 aliphatic heterocycles. The SMILES string of the molecule is Cc1nn(-c2cc(Cl)cc(Cl)c2)c2c1C(c1ccc(Br)cc1)=C(C#N)C(N)O2. The average Bonchev–Trinajstić information content (AvgIpc) is 2.97. The van der Waals surface area contributed by atoms with Crippen molar-refractivity contribution in [2.45, 2.75) is 13.2 Å². The summed E-state index contributed by atoms with van der Waals surface area (Å²) in [5, 5.41) is 15.3. The first-order valence-electron chi connectivity index (χ1n) is 8.28. The van der Waals surface area contributed by atoms with Crippen LogP contribution in [0.1, 0.15) is 16.8 Å². The fraction of sp³-hybridized carbons (Fsp3) is 0.100. The summed E-state index contributed by atoms with van der Waals surface area (Å²) >= 11 is 15.7. The molecule has 4 rings (SSSR count). The molecule has 0 saturated heterocycles. The van der Waals surface area contributed by atoms with Gasteiger partial charge in [0.2, 0.25) is 5.88 Å². The molecular weight excluding hydrogens is 463 g/mol. The van der Waals surface area contributed by atoms with Gasteiger partial charge in [0.15, 0.2) is 6.23 Å². The van der Waals surface area contributed by atoms with Gasteiger partial charge in [0.1, 0.15) is 6.07 Å². The Morgan fingerprint density at radius 1 is 1.18 bits per heavy atom. The van der Waals surface area contributed by atoms with Crippen LogP contribution in [-0.2, 0) is 0 Å². The molecule has 0 fully saturated rings. The molecule has 2 N–H and O–H groups in total. The highest BCUT2D eigenvalue weighted by molar-refractivity contribution is 9.10. The fourth-order valence-corrected chi connectivity index (χ4v) is 4.01. The monoisotopic (exact) mass is 474 g/mol. The molecule has 5 nitrogen and oxygen atoms in total. The maximum Gasteiger partial charge on any atom is 0.226 e. The van der Waals surface area contributed by atoms with Crippen LogP contribution in [0.25, 0.3) is 11.3 Å². The minimum Gasteiger partial charge on any atom is -0.453 e. The Labute approximate surface area is 180 Å². The van der Waals surface area contributed by atoms with Crippen molar-refractivity contribution in [3.63, 3.8) is 0 Å². The molecule has 1 aliphatic rings. The van der Waals surface area contributed by atoms with E-state index in [4.69, 9.17) is 33.7 Å². The van der Waals surface area contributed by atoms with Crippen molar-refractivity contribution in [1.82, 2.24) is 9.78 Å². The summed E-state index contributed by atoms with van der Waals surface area (Å²) in [6.07, 6.45) is -0.916. The molecule has 3 aromatic rings. The largest absolute Gasteiger partial charge is 0.453 e. The molecule has 0 radical (unpaired) electrons. The van der Waals surface area contributed by atoms with Crippen molar-refractivity contribution in [2.24, 2.45) is 5.73 Å². The zero-order valence-electron chi connectivity index (χ0n) is 14.6. The van der Waals surface area contributed by atoms with E-state index in [0.29, 0.717) is 38.5 Å². The van der Waals surface area contributed by atoms with E-state index in [0.717, 1.165) is 15.6 Å². The van der Waals surface area contributed by atoms with Crippen molar-refractivity contribution >= 4 is 44.7 Å². The third-order valence-corrected chi connectivity index (χ3v) is 5.37. The molecule has 1 atom stereocenters. The van der Waals surface area contributed by atoms with Gasteiger partial charge in [-0.25, -0.2) is 4.68 Å². The zero-order chi connectivity index (χ0) is 20.0. The molecule has 0 aliphatic carbocycles. The van der Waals surface area contributed by atoms with Crippen molar-refractivity contribution in [3.05, 3.63) is 79.4 Å². The molecule has 2 aromatic carbocycles. The number of aromatic nitrogens is 2. The van der Waals surface area contributed by atoms with Crippen LogP contribution in [0.4, 0.5) is 0 Å². The molecule has 28 heavy (non-hydrogen) atoms. The number of hydrogen-bond donors (Lipinski definition) is 1. The summed E-state index contributed by atoms with van der Waals surface area (Å²) in [5.74, 6) is 0.445. The van der Waals surface area contributed by atoms with Gasteiger partial charge in [-0.15, -0.1) is 0 Å². The predicted octanol–water partition coefficient (Wildman–Crippen LogP) is 5.25. The van der Waals surface area contributed by atoms with Crippen LogP contribution in [0.5, 0.6) is 5.88 Å². The van der Waals surface area contributed by atoms with Crippen LogP contribution >= 0.6 is 39.1 Å². The summed E-state index contributed by atoms with van der Waals surface area (Å²) in [4.78, 5) is 0. The third kappa shape index (κ3) is 3.21. The van der Waals surface area contributed by atoms with E-state index in [1.54, 1.807) is 22.9 Å². The first-order valence-corrected chi connectivity index (χ1v) is 9.83. The highest BCUT2D eigenvalue weighted by Crippen LogP contribution is 2.42. The average molecular weight is 476 g/mol.